The summed E-state index contributed by atoms with van der Waals surface area (Å²) < 4.78 is 0. The number of benzene rings is 1. The number of hydrogen-bond acceptors (Lipinski definition) is 11. The number of nitrogens with two attached hydrogens (primary N) is 1. The van der Waals surface area contributed by atoms with Crippen LogP contribution in [0.4, 0.5) is 5.69 Å². The van der Waals surface area contributed by atoms with Gasteiger partial charge in [0.2, 0.25) is 5.78 Å². The lowest BCUT2D eigenvalue weighted by molar-refractivity contribution is -0.386. The maximum absolute atomic E-state index is 14.0. The summed E-state index contributed by atoms with van der Waals surface area (Å²) in [6.07, 6.45) is -1.84. The Balaban J connectivity index is 2.14. The number of rotatable bonds is 3. The van der Waals surface area contributed by atoms with Crippen LogP contribution in [0.3, 0.4) is 0 Å². The zero-order valence-corrected chi connectivity index (χ0v) is 22.2. The van der Waals surface area contributed by atoms with E-state index in [-0.39, 0.29) is 11.1 Å². The molecule has 1 aromatic carbocycles. The third-order valence-corrected chi connectivity index (χ3v) is 8.21. The number of aliphatic hydroxyl groups is 4. The molecule has 13 nitrogen and oxygen atoms in total. The van der Waals surface area contributed by atoms with E-state index in [9.17, 15) is 50.0 Å². The number of nitro groups is 1. The highest BCUT2D eigenvalue weighted by Gasteiger charge is 2.68. The van der Waals surface area contributed by atoms with Crippen LogP contribution in [-0.2, 0) is 19.8 Å². The summed E-state index contributed by atoms with van der Waals surface area (Å²) in [5.74, 6) is -10.8. The van der Waals surface area contributed by atoms with Gasteiger partial charge in [0.15, 0.2) is 11.4 Å². The van der Waals surface area contributed by atoms with Crippen molar-refractivity contribution < 1.29 is 44.8 Å². The van der Waals surface area contributed by atoms with Crippen molar-refractivity contribution in [3.63, 3.8) is 0 Å². The van der Waals surface area contributed by atoms with Crippen LogP contribution in [0.15, 0.2) is 23.0 Å². The van der Waals surface area contributed by atoms with Crippen LogP contribution in [0, 0.1) is 22.0 Å². The van der Waals surface area contributed by atoms with Crippen molar-refractivity contribution >= 4 is 28.9 Å². The first kappa shape index (κ1) is 28.2. The highest BCUT2D eigenvalue weighted by Crippen LogP contribution is 2.58. The number of hydrogen-bond donors (Lipinski definition) is 6. The van der Waals surface area contributed by atoms with Crippen LogP contribution < -0.4 is 5.73 Å². The third-order valence-electron chi connectivity index (χ3n) is 8.21. The molecular weight excluding hydrogens is 514 g/mol. The number of Topliss-reactive ketones (excluding diaryl/α,β-unsaturated/α-hetero) is 2. The highest BCUT2D eigenvalue weighted by atomic mass is 16.6. The fourth-order valence-corrected chi connectivity index (χ4v) is 6.46. The summed E-state index contributed by atoms with van der Waals surface area (Å²) in [7, 11) is 2.78. The molecular formula is C26H31N3O10. The van der Waals surface area contributed by atoms with E-state index in [0.29, 0.717) is 0 Å². The maximum atomic E-state index is 14.0. The number of nitrogens with zero attached hydrogens (tertiary/aromatic N) is 2. The molecule has 6 atom stereocenters. The molecule has 0 bridgehead atoms. The smallest absolute Gasteiger partial charge is 0.274 e. The predicted molar refractivity (Wildman–Crippen MR) is 136 cm³/mol. The van der Waals surface area contributed by atoms with Crippen molar-refractivity contribution in [1.29, 1.82) is 0 Å². The molecule has 1 aromatic rings. The van der Waals surface area contributed by atoms with E-state index in [4.69, 9.17) is 5.73 Å². The molecule has 1 saturated carbocycles. The van der Waals surface area contributed by atoms with Crippen LogP contribution >= 0.6 is 0 Å². The van der Waals surface area contributed by atoms with Crippen LogP contribution in [0.25, 0.3) is 5.76 Å². The minimum atomic E-state index is -3.06. The van der Waals surface area contributed by atoms with E-state index in [0.717, 1.165) is 0 Å². The van der Waals surface area contributed by atoms with E-state index in [1.165, 1.54) is 32.0 Å². The number of aliphatic hydroxyl groups excluding tert-OH is 3. The molecule has 13 heteroatoms. The van der Waals surface area contributed by atoms with Crippen LogP contribution in [-0.4, -0.2) is 84.7 Å². The van der Waals surface area contributed by atoms with Gasteiger partial charge < -0.3 is 31.3 Å². The maximum Gasteiger partial charge on any atom is 0.274 e. The Kier molecular flexibility index (Phi) is 6.22. The average Bonchev–Trinajstić information content (AvgIpc) is 2.79. The standard InChI is InChI=1S/C26H31N3O10/c1-8-11-10(29(38)39)7-9(25(2,3)4)18(30)13(11)19(31)14-12(8)20(32)16-17(28(5)6)21(33)15(24(27)36)23(35)26(16,37)22(14)34/h7-8,12,16-17,20,30-32,35,37H,1-6H3,(H2,27,36)/t8-,12-,16-,17+,20+,26+/m1/s1. The first-order chi connectivity index (χ1) is 17.8. The van der Waals surface area contributed by atoms with E-state index in [1.54, 1.807) is 20.8 Å². The molecule has 0 heterocycles. The SMILES string of the molecule is C[C@@H]1c2c([N+](=O)[O-])cc(C(C)(C)C)c(O)c2C(O)=C2C(=O)[C@]3(O)C(O)=C(C(N)=O)C(=O)[C@@H](N(C)C)[C@@H]3[C@@H](O)[C@@H]21. The summed E-state index contributed by atoms with van der Waals surface area (Å²) >= 11 is 0. The van der Waals surface area contributed by atoms with Crippen molar-refractivity contribution in [3.8, 4) is 5.75 Å². The lowest BCUT2D eigenvalue weighted by Crippen LogP contribution is -2.70. The van der Waals surface area contributed by atoms with Gasteiger partial charge in [-0.15, -0.1) is 0 Å². The lowest BCUT2D eigenvalue weighted by atomic mass is 9.54. The number of aromatic hydroxyl groups is 1. The van der Waals surface area contributed by atoms with Crippen LogP contribution in [0.5, 0.6) is 5.75 Å². The summed E-state index contributed by atoms with van der Waals surface area (Å²) in [6.45, 7) is 6.47. The van der Waals surface area contributed by atoms with Crippen molar-refractivity contribution in [2.75, 3.05) is 14.1 Å². The largest absolute Gasteiger partial charge is 0.508 e. The van der Waals surface area contributed by atoms with Gasteiger partial charge in [0.05, 0.1) is 28.6 Å². The Morgan fingerprint density at radius 3 is 2.21 bits per heavy atom. The van der Waals surface area contributed by atoms with Gasteiger partial charge in [0.25, 0.3) is 11.6 Å². The molecule has 0 radical (unpaired) electrons. The molecule has 0 aliphatic heterocycles. The van der Waals surface area contributed by atoms with Gasteiger partial charge in [-0.05, 0) is 25.4 Å². The number of carbonyl (C=O) groups is 3. The Bertz CT molecular complexity index is 1420. The highest BCUT2D eigenvalue weighted by molar-refractivity contribution is 6.24. The summed E-state index contributed by atoms with van der Waals surface area (Å²) in [5.41, 5.74) is -1.16. The average molecular weight is 546 g/mol. The number of ketones is 2. The molecule has 0 spiro atoms. The first-order valence-electron chi connectivity index (χ1n) is 12.2. The minimum absolute atomic E-state index is 0.0980. The van der Waals surface area contributed by atoms with E-state index in [1.807, 2.05) is 0 Å². The van der Waals surface area contributed by atoms with Gasteiger partial charge in [-0.2, -0.15) is 0 Å². The number of nitro benzene ring substituents is 1. The molecule has 0 unspecified atom stereocenters. The summed E-state index contributed by atoms with van der Waals surface area (Å²) in [4.78, 5) is 52.0. The minimum Gasteiger partial charge on any atom is -0.508 e. The number of amides is 1. The van der Waals surface area contributed by atoms with E-state index < -0.39 is 103 Å². The Hall–Kier alpha value is -3.81. The molecule has 210 valence electrons. The Labute approximate surface area is 223 Å². The molecule has 4 rings (SSSR count). The van der Waals surface area contributed by atoms with Gasteiger partial charge in [0, 0.05) is 28.7 Å². The topological polar surface area (TPSA) is 225 Å². The quantitative estimate of drug-likeness (QED) is 0.176. The van der Waals surface area contributed by atoms with Gasteiger partial charge >= 0.3 is 0 Å². The molecule has 1 amide bonds. The number of primary amides is 1. The van der Waals surface area contributed by atoms with Gasteiger partial charge in [-0.3, -0.25) is 29.4 Å². The molecule has 39 heavy (non-hydrogen) atoms. The number of fused-ring (bicyclic) bond motifs is 3. The van der Waals surface area contributed by atoms with Crippen molar-refractivity contribution in [2.24, 2.45) is 17.6 Å². The Morgan fingerprint density at radius 1 is 1.18 bits per heavy atom. The molecule has 1 fully saturated rings. The second-order valence-corrected chi connectivity index (χ2v) is 11.6. The third kappa shape index (κ3) is 3.53. The number of carbonyl (C=O) groups excluding carboxylic acids is 3. The number of likely N-dealkylation sites (N-methyl/N-ethyl adjacent to an activating group) is 1. The van der Waals surface area contributed by atoms with Gasteiger partial charge in [-0.1, -0.05) is 27.7 Å². The molecule has 3 aliphatic rings. The normalized spacial score (nSPS) is 30.7. The second-order valence-electron chi connectivity index (χ2n) is 11.6. The molecule has 3 aliphatic carbocycles. The monoisotopic (exact) mass is 545 g/mol. The van der Waals surface area contributed by atoms with Gasteiger partial charge in [-0.25, -0.2) is 0 Å². The zero-order chi connectivity index (χ0) is 29.7. The molecule has 0 aromatic heterocycles. The lowest BCUT2D eigenvalue weighted by Gasteiger charge is -2.53. The van der Waals surface area contributed by atoms with Gasteiger partial charge in [0.1, 0.15) is 22.8 Å². The molecule has 7 N–H and O–H groups in total. The fourth-order valence-electron chi connectivity index (χ4n) is 6.46. The van der Waals surface area contributed by atoms with Crippen LogP contribution in [0.1, 0.15) is 50.3 Å². The fraction of sp³-hybridized carbons (Fsp3) is 0.500. The summed E-state index contributed by atoms with van der Waals surface area (Å²) in [5, 5.41) is 69.1. The van der Waals surface area contributed by atoms with Crippen molar-refractivity contribution in [2.45, 2.75) is 56.8 Å². The van der Waals surface area contributed by atoms with Crippen molar-refractivity contribution in [1.82, 2.24) is 4.90 Å². The number of phenolic OH excluding ortho intramolecular Hbond substituents is 1. The van der Waals surface area contributed by atoms with Crippen LogP contribution in [0.2, 0.25) is 0 Å². The Morgan fingerprint density at radius 2 is 1.74 bits per heavy atom. The molecule has 0 saturated heterocycles. The predicted octanol–water partition coefficient (Wildman–Crippen LogP) is 0.702. The van der Waals surface area contributed by atoms with E-state index in [2.05, 4.69) is 0 Å². The van der Waals surface area contributed by atoms with E-state index >= 15 is 0 Å². The van der Waals surface area contributed by atoms with Crippen molar-refractivity contribution in [3.05, 3.63) is 49.8 Å². The number of phenols is 1. The first-order valence-corrected chi connectivity index (χ1v) is 12.2. The summed E-state index contributed by atoms with van der Waals surface area (Å²) in [6, 6.07) is -0.340. The zero-order valence-electron chi connectivity index (χ0n) is 22.2. The second kappa shape index (κ2) is 8.60.